The van der Waals surface area contributed by atoms with E-state index in [1.54, 1.807) is 30.5 Å². The first-order valence-corrected chi connectivity index (χ1v) is 6.34. The molecule has 0 saturated carbocycles. The Morgan fingerprint density at radius 1 is 1.05 bits per heavy atom. The van der Waals surface area contributed by atoms with Gasteiger partial charge in [-0.05, 0) is 36.4 Å². The van der Waals surface area contributed by atoms with Crippen molar-refractivity contribution in [1.29, 1.82) is 0 Å². The molecule has 1 aromatic heterocycles. The smallest absolute Gasteiger partial charge is 0.337 e. The quantitative estimate of drug-likeness (QED) is 0.689. The Labute approximate surface area is 121 Å². The maximum absolute atomic E-state index is 11.4. The average molecular weight is 280 g/mol. The molecule has 2 aromatic carbocycles. The van der Waals surface area contributed by atoms with E-state index in [4.69, 9.17) is 4.74 Å². The second-order valence-electron chi connectivity index (χ2n) is 4.34. The molecule has 0 spiro atoms. The third kappa shape index (κ3) is 2.67. The standard InChI is InChI=1S/C16H12N2O3/c1-20-16(19)11-6-8-12(9-7-11)21-15-10-17-18-14-5-3-2-4-13(14)15/h2-10H,1H3. The number of hydrogen-bond acceptors (Lipinski definition) is 5. The van der Waals surface area contributed by atoms with Crippen LogP contribution in [-0.2, 0) is 4.74 Å². The van der Waals surface area contributed by atoms with Gasteiger partial charge in [0.05, 0.1) is 24.4 Å². The van der Waals surface area contributed by atoms with Crippen LogP contribution < -0.4 is 4.74 Å². The second kappa shape index (κ2) is 5.58. The molecule has 0 N–H and O–H groups in total. The minimum absolute atomic E-state index is 0.377. The summed E-state index contributed by atoms with van der Waals surface area (Å²) in [6.45, 7) is 0. The van der Waals surface area contributed by atoms with Crippen molar-refractivity contribution in [3.8, 4) is 11.5 Å². The van der Waals surface area contributed by atoms with Crippen LogP contribution in [0.5, 0.6) is 11.5 Å². The first-order chi connectivity index (χ1) is 10.3. The minimum atomic E-state index is -0.377. The van der Waals surface area contributed by atoms with Crippen LogP contribution in [0.3, 0.4) is 0 Å². The van der Waals surface area contributed by atoms with Crippen molar-refractivity contribution in [1.82, 2.24) is 10.2 Å². The summed E-state index contributed by atoms with van der Waals surface area (Å²) < 4.78 is 10.5. The second-order valence-corrected chi connectivity index (χ2v) is 4.34. The van der Waals surface area contributed by atoms with Crippen LogP contribution in [0.1, 0.15) is 10.4 Å². The Morgan fingerprint density at radius 3 is 2.57 bits per heavy atom. The molecule has 0 aliphatic rings. The van der Waals surface area contributed by atoms with Crippen molar-refractivity contribution in [2.45, 2.75) is 0 Å². The van der Waals surface area contributed by atoms with Crippen molar-refractivity contribution in [3.63, 3.8) is 0 Å². The van der Waals surface area contributed by atoms with Gasteiger partial charge in [-0.2, -0.15) is 10.2 Å². The highest BCUT2D eigenvalue weighted by molar-refractivity contribution is 5.89. The average Bonchev–Trinajstić information content (AvgIpc) is 2.55. The molecule has 1 heterocycles. The third-order valence-electron chi connectivity index (χ3n) is 3.01. The third-order valence-corrected chi connectivity index (χ3v) is 3.01. The maximum Gasteiger partial charge on any atom is 0.337 e. The summed E-state index contributed by atoms with van der Waals surface area (Å²) in [6.07, 6.45) is 1.57. The molecule has 5 heteroatoms. The lowest BCUT2D eigenvalue weighted by atomic mass is 10.2. The van der Waals surface area contributed by atoms with Gasteiger partial charge < -0.3 is 9.47 Å². The van der Waals surface area contributed by atoms with Crippen LogP contribution in [0.25, 0.3) is 10.9 Å². The van der Waals surface area contributed by atoms with Gasteiger partial charge in [0.2, 0.25) is 0 Å². The molecular weight excluding hydrogens is 268 g/mol. The van der Waals surface area contributed by atoms with Crippen molar-refractivity contribution in [2.75, 3.05) is 7.11 Å². The minimum Gasteiger partial charge on any atom is -0.465 e. The van der Waals surface area contributed by atoms with E-state index in [2.05, 4.69) is 14.9 Å². The fourth-order valence-corrected chi connectivity index (χ4v) is 1.97. The topological polar surface area (TPSA) is 61.3 Å². The van der Waals surface area contributed by atoms with Gasteiger partial charge in [-0.3, -0.25) is 0 Å². The number of ether oxygens (including phenoxy) is 2. The van der Waals surface area contributed by atoms with E-state index < -0.39 is 0 Å². The molecular formula is C16H12N2O3. The molecule has 0 aliphatic carbocycles. The number of hydrogen-bond donors (Lipinski definition) is 0. The van der Waals surface area contributed by atoms with Crippen molar-refractivity contribution in [2.24, 2.45) is 0 Å². The van der Waals surface area contributed by atoms with E-state index in [-0.39, 0.29) is 5.97 Å². The first kappa shape index (κ1) is 13.1. The molecule has 0 fully saturated rings. The summed E-state index contributed by atoms with van der Waals surface area (Å²) in [4.78, 5) is 11.4. The maximum atomic E-state index is 11.4. The summed E-state index contributed by atoms with van der Waals surface area (Å²) in [5, 5.41) is 8.84. The van der Waals surface area contributed by atoms with Gasteiger partial charge in [0, 0.05) is 5.39 Å². The number of nitrogens with zero attached hydrogens (tertiary/aromatic N) is 2. The number of rotatable bonds is 3. The number of fused-ring (bicyclic) bond motifs is 1. The Kier molecular flexibility index (Phi) is 3.47. The monoisotopic (exact) mass is 280 g/mol. The van der Waals surface area contributed by atoms with Crippen molar-refractivity contribution in [3.05, 3.63) is 60.3 Å². The summed E-state index contributed by atoms with van der Waals surface area (Å²) in [5.74, 6) is 0.852. The molecule has 21 heavy (non-hydrogen) atoms. The molecule has 0 atom stereocenters. The van der Waals surface area contributed by atoms with Gasteiger partial charge in [0.15, 0.2) is 5.75 Å². The molecule has 0 bridgehead atoms. The largest absolute Gasteiger partial charge is 0.465 e. The first-order valence-electron chi connectivity index (χ1n) is 6.34. The Hall–Kier alpha value is -2.95. The van der Waals surface area contributed by atoms with Crippen LogP contribution in [0.15, 0.2) is 54.7 Å². The normalized spacial score (nSPS) is 10.3. The molecule has 3 aromatic rings. The predicted molar refractivity (Wildman–Crippen MR) is 77.4 cm³/mol. The van der Waals surface area contributed by atoms with Gasteiger partial charge in [-0.25, -0.2) is 4.79 Å². The summed E-state index contributed by atoms with van der Waals surface area (Å²) >= 11 is 0. The van der Waals surface area contributed by atoms with E-state index in [1.165, 1.54) is 7.11 Å². The number of aromatic nitrogens is 2. The van der Waals surface area contributed by atoms with E-state index in [1.807, 2.05) is 24.3 Å². The Bertz CT molecular complexity index is 780. The fourth-order valence-electron chi connectivity index (χ4n) is 1.97. The molecule has 0 aliphatic heterocycles. The van der Waals surface area contributed by atoms with E-state index in [0.29, 0.717) is 17.1 Å². The highest BCUT2D eigenvalue weighted by Crippen LogP contribution is 2.27. The van der Waals surface area contributed by atoms with Crippen LogP contribution >= 0.6 is 0 Å². The number of methoxy groups -OCH3 is 1. The summed E-state index contributed by atoms with van der Waals surface area (Å²) in [7, 11) is 1.35. The zero-order valence-electron chi connectivity index (χ0n) is 11.3. The van der Waals surface area contributed by atoms with E-state index in [9.17, 15) is 4.79 Å². The summed E-state index contributed by atoms with van der Waals surface area (Å²) in [6, 6.07) is 14.3. The summed E-state index contributed by atoms with van der Waals surface area (Å²) in [5.41, 5.74) is 1.24. The SMILES string of the molecule is COC(=O)c1ccc(Oc2cnnc3ccccc23)cc1. The lowest BCUT2D eigenvalue weighted by Crippen LogP contribution is -2.00. The number of esters is 1. The molecule has 0 amide bonds. The lowest BCUT2D eigenvalue weighted by Gasteiger charge is -2.08. The highest BCUT2D eigenvalue weighted by Gasteiger charge is 2.07. The lowest BCUT2D eigenvalue weighted by molar-refractivity contribution is 0.0600. The zero-order chi connectivity index (χ0) is 14.7. The zero-order valence-corrected chi connectivity index (χ0v) is 11.3. The molecule has 5 nitrogen and oxygen atoms in total. The van der Waals surface area contributed by atoms with Gasteiger partial charge in [0.25, 0.3) is 0 Å². The predicted octanol–water partition coefficient (Wildman–Crippen LogP) is 3.21. The van der Waals surface area contributed by atoms with Gasteiger partial charge in [-0.15, -0.1) is 0 Å². The van der Waals surface area contributed by atoms with Gasteiger partial charge >= 0.3 is 5.97 Å². The number of carbonyl (C=O) groups is 1. The van der Waals surface area contributed by atoms with Crippen LogP contribution in [0, 0.1) is 0 Å². The number of carbonyl (C=O) groups excluding carboxylic acids is 1. The van der Waals surface area contributed by atoms with Crippen molar-refractivity contribution >= 4 is 16.9 Å². The Balaban J connectivity index is 1.90. The highest BCUT2D eigenvalue weighted by atomic mass is 16.5. The van der Waals surface area contributed by atoms with Crippen LogP contribution in [-0.4, -0.2) is 23.3 Å². The fraction of sp³-hybridized carbons (Fsp3) is 0.0625. The molecule has 0 radical (unpaired) electrons. The molecule has 104 valence electrons. The Morgan fingerprint density at radius 2 is 1.81 bits per heavy atom. The number of benzene rings is 2. The van der Waals surface area contributed by atoms with Crippen LogP contribution in [0.2, 0.25) is 0 Å². The molecule has 0 unspecified atom stereocenters. The van der Waals surface area contributed by atoms with E-state index >= 15 is 0 Å². The van der Waals surface area contributed by atoms with Gasteiger partial charge in [0.1, 0.15) is 5.75 Å². The van der Waals surface area contributed by atoms with E-state index in [0.717, 1.165) is 10.9 Å². The van der Waals surface area contributed by atoms with Crippen LogP contribution in [0.4, 0.5) is 0 Å². The molecule has 0 saturated heterocycles. The molecule has 3 rings (SSSR count). The van der Waals surface area contributed by atoms with Gasteiger partial charge in [-0.1, -0.05) is 12.1 Å². The van der Waals surface area contributed by atoms with Crippen molar-refractivity contribution < 1.29 is 14.3 Å².